The fourth-order valence-corrected chi connectivity index (χ4v) is 4.11. The van der Waals surface area contributed by atoms with E-state index in [0.29, 0.717) is 6.10 Å². The molecule has 6 heteroatoms. The quantitative estimate of drug-likeness (QED) is 0.421. The fourth-order valence-electron chi connectivity index (χ4n) is 4.11. The molecule has 2 aliphatic rings. The number of unbranched alkanes of at least 4 members (excludes halogenated alkanes) is 2. The molecule has 6 nitrogen and oxygen atoms in total. The largest absolute Gasteiger partial charge is 0.378 e. The van der Waals surface area contributed by atoms with Crippen molar-refractivity contribution in [2.45, 2.75) is 57.5 Å². The molecule has 1 aromatic rings. The van der Waals surface area contributed by atoms with E-state index >= 15 is 0 Å². The smallest absolute Gasteiger partial charge is 0.193 e. The van der Waals surface area contributed by atoms with Crippen molar-refractivity contribution in [3.8, 4) is 0 Å². The van der Waals surface area contributed by atoms with Crippen molar-refractivity contribution in [2.75, 3.05) is 51.3 Å². The zero-order chi connectivity index (χ0) is 19.4. The van der Waals surface area contributed by atoms with Crippen molar-refractivity contribution in [3.05, 3.63) is 24.4 Å². The molecule has 0 radical (unpaired) electrons. The number of pyridine rings is 1. The molecule has 28 heavy (non-hydrogen) atoms. The summed E-state index contributed by atoms with van der Waals surface area (Å²) in [6.07, 6.45) is 12.6. The Morgan fingerprint density at radius 1 is 1.11 bits per heavy atom. The third-order valence-electron chi connectivity index (χ3n) is 5.77. The number of nitrogens with zero attached hydrogens (tertiary/aromatic N) is 4. The van der Waals surface area contributed by atoms with Crippen LogP contribution in [0.5, 0.6) is 0 Å². The van der Waals surface area contributed by atoms with Crippen molar-refractivity contribution in [3.63, 3.8) is 0 Å². The highest BCUT2D eigenvalue weighted by atomic mass is 16.5. The molecule has 2 fully saturated rings. The van der Waals surface area contributed by atoms with Crippen LogP contribution in [0.3, 0.4) is 0 Å². The van der Waals surface area contributed by atoms with E-state index in [-0.39, 0.29) is 0 Å². The maximum absolute atomic E-state index is 6.01. The van der Waals surface area contributed by atoms with Crippen LogP contribution < -0.4 is 10.2 Å². The van der Waals surface area contributed by atoms with E-state index in [1.807, 2.05) is 19.3 Å². The second kappa shape index (κ2) is 11.9. The molecule has 1 aliphatic carbocycles. The lowest BCUT2D eigenvalue weighted by molar-refractivity contribution is 0.0264. The van der Waals surface area contributed by atoms with Gasteiger partial charge in [-0.15, -0.1) is 0 Å². The van der Waals surface area contributed by atoms with Crippen LogP contribution in [0.4, 0.5) is 5.82 Å². The molecule has 2 heterocycles. The van der Waals surface area contributed by atoms with Crippen LogP contribution >= 0.6 is 0 Å². The first kappa shape index (κ1) is 20.9. The number of anilines is 1. The lowest BCUT2D eigenvalue weighted by Gasteiger charge is -2.37. The van der Waals surface area contributed by atoms with Gasteiger partial charge in [-0.05, 0) is 44.2 Å². The minimum atomic E-state index is 0.537. The summed E-state index contributed by atoms with van der Waals surface area (Å²) >= 11 is 0. The highest BCUT2D eigenvalue weighted by Gasteiger charge is 2.20. The third-order valence-corrected chi connectivity index (χ3v) is 5.77. The van der Waals surface area contributed by atoms with E-state index in [1.54, 1.807) is 0 Å². The highest BCUT2D eigenvalue weighted by Crippen LogP contribution is 2.20. The van der Waals surface area contributed by atoms with Gasteiger partial charge in [-0.2, -0.15) is 0 Å². The second-order valence-corrected chi connectivity index (χ2v) is 7.83. The first-order valence-corrected chi connectivity index (χ1v) is 11.1. The van der Waals surface area contributed by atoms with Crippen LogP contribution in [0.1, 0.15) is 51.4 Å². The fraction of sp³-hybridized carbons (Fsp3) is 0.727. The summed E-state index contributed by atoms with van der Waals surface area (Å²) in [6.45, 7) is 5.83. The molecular weight excluding hydrogens is 350 g/mol. The number of aromatic nitrogens is 1. The van der Waals surface area contributed by atoms with Gasteiger partial charge < -0.3 is 19.9 Å². The summed E-state index contributed by atoms with van der Waals surface area (Å²) in [6, 6.07) is 6.10. The maximum atomic E-state index is 6.01. The van der Waals surface area contributed by atoms with Gasteiger partial charge in [0, 0.05) is 52.6 Å². The Morgan fingerprint density at radius 3 is 2.64 bits per heavy atom. The van der Waals surface area contributed by atoms with E-state index in [4.69, 9.17) is 4.74 Å². The lowest BCUT2D eigenvalue weighted by Crippen LogP contribution is -2.52. The minimum Gasteiger partial charge on any atom is -0.378 e. The van der Waals surface area contributed by atoms with Crippen LogP contribution in [0.2, 0.25) is 0 Å². The molecule has 1 aromatic heterocycles. The molecule has 0 atom stereocenters. The van der Waals surface area contributed by atoms with Gasteiger partial charge in [0.05, 0.1) is 6.10 Å². The first-order valence-electron chi connectivity index (χ1n) is 11.1. The van der Waals surface area contributed by atoms with E-state index in [9.17, 15) is 0 Å². The average molecular weight is 388 g/mol. The van der Waals surface area contributed by atoms with Crippen molar-refractivity contribution in [1.29, 1.82) is 0 Å². The average Bonchev–Trinajstić information content (AvgIpc) is 2.77. The summed E-state index contributed by atoms with van der Waals surface area (Å²) in [5.74, 6) is 2.10. The Morgan fingerprint density at radius 2 is 1.93 bits per heavy atom. The number of hydrogen-bond donors (Lipinski definition) is 1. The maximum Gasteiger partial charge on any atom is 0.193 e. The van der Waals surface area contributed by atoms with E-state index < -0.39 is 0 Å². The van der Waals surface area contributed by atoms with Crippen molar-refractivity contribution in [2.24, 2.45) is 4.99 Å². The highest BCUT2D eigenvalue weighted by molar-refractivity contribution is 5.80. The van der Waals surface area contributed by atoms with Crippen molar-refractivity contribution < 1.29 is 4.74 Å². The van der Waals surface area contributed by atoms with E-state index in [1.165, 1.54) is 51.4 Å². The Labute approximate surface area is 170 Å². The van der Waals surface area contributed by atoms with Gasteiger partial charge in [-0.1, -0.05) is 25.3 Å². The van der Waals surface area contributed by atoms with Crippen LogP contribution in [-0.4, -0.2) is 68.3 Å². The van der Waals surface area contributed by atoms with Crippen LogP contribution in [0.15, 0.2) is 29.4 Å². The van der Waals surface area contributed by atoms with Crippen molar-refractivity contribution in [1.82, 2.24) is 15.2 Å². The molecule has 3 rings (SSSR count). The summed E-state index contributed by atoms with van der Waals surface area (Å²) in [5, 5.41) is 3.53. The predicted octanol–water partition coefficient (Wildman–Crippen LogP) is 3.30. The zero-order valence-corrected chi connectivity index (χ0v) is 17.5. The molecule has 0 bridgehead atoms. The molecule has 0 amide bonds. The predicted molar refractivity (Wildman–Crippen MR) is 116 cm³/mol. The number of rotatable bonds is 8. The minimum absolute atomic E-state index is 0.537. The van der Waals surface area contributed by atoms with Gasteiger partial charge in [0.25, 0.3) is 0 Å². The first-order chi connectivity index (χ1) is 13.9. The molecule has 0 aromatic carbocycles. The van der Waals surface area contributed by atoms with Gasteiger partial charge in [0.15, 0.2) is 5.96 Å². The molecule has 156 valence electrons. The van der Waals surface area contributed by atoms with Crippen LogP contribution in [0, 0.1) is 0 Å². The van der Waals surface area contributed by atoms with E-state index in [0.717, 1.165) is 51.1 Å². The number of aliphatic imine (C=N–C) groups is 1. The Kier molecular flexibility index (Phi) is 8.88. The van der Waals surface area contributed by atoms with Gasteiger partial charge in [-0.25, -0.2) is 4.98 Å². The second-order valence-electron chi connectivity index (χ2n) is 7.83. The molecule has 1 N–H and O–H groups in total. The molecular formula is C22H37N5O. The van der Waals surface area contributed by atoms with Crippen LogP contribution in [0.25, 0.3) is 0 Å². The number of nitrogens with one attached hydrogen (secondary N) is 1. The van der Waals surface area contributed by atoms with Gasteiger partial charge >= 0.3 is 0 Å². The Bertz CT molecular complexity index is 566. The number of hydrogen-bond acceptors (Lipinski definition) is 4. The Hall–Kier alpha value is -1.82. The normalized spacial score (nSPS) is 19.1. The number of ether oxygens (including phenoxy) is 1. The molecule has 1 saturated carbocycles. The monoisotopic (exact) mass is 387 g/mol. The van der Waals surface area contributed by atoms with Gasteiger partial charge in [0.1, 0.15) is 5.82 Å². The summed E-state index contributed by atoms with van der Waals surface area (Å²) in [4.78, 5) is 13.6. The molecule has 1 saturated heterocycles. The summed E-state index contributed by atoms with van der Waals surface area (Å²) in [7, 11) is 1.88. The standard InChI is InChI=1S/C22H37N5O/c1-23-22(25-14-7-3-9-19-28-20-10-4-2-5-11-20)27-17-15-26(16-18-27)21-12-6-8-13-24-21/h6,8,12-13,20H,2-5,7,9-11,14-19H2,1H3,(H,23,25). The third kappa shape index (κ3) is 6.66. The van der Waals surface area contributed by atoms with Crippen LogP contribution in [-0.2, 0) is 4.74 Å². The topological polar surface area (TPSA) is 53.0 Å². The summed E-state index contributed by atoms with van der Waals surface area (Å²) in [5.41, 5.74) is 0. The van der Waals surface area contributed by atoms with Crippen molar-refractivity contribution >= 4 is 11.8 Å². The molecule has 0 spiro atoms. The Balaban J connectivity index is 1.26. The summed E-state index contributed by atoms with van der Waals surface area (Å²) < 4.78 is 6.01. The van der Waals surface area contributed by atoms with Gasteiger partial charge in [0.2, 0.25) is 0 Å². The number of guanidine groups is 1. The van der Waals surface area contributed by atoms with E-state index in [2.05, 4.69) is 37.2 Å². The molecule has 0 unspecified atom stereocenters. The zero-order valence-electron chi connectivity index (χ0n) is 17.5. The lowest BCUT2D eigenvalue weighted by atomic mass is 9.98. The number of piperazine rings is 1. The SMILES string of the molecule is CN=C(NCCCCCOC1CCCCC1)N1CCN(c2ccccn2)CC1. The molecule has 1 aliphatic heterocycles. The van der Waals surface area contributed by atoms with Gasteiger partial charge in [-0.3, -0.25) is 4.99 Å².